The van der Waals surface area contributed by atoms with Crippen molar-refractivity contribution >= 4 is 23.4 Å². The monoisotopic (exact) mass is 547 g/mol. The van der Waals surface area contributed by atoms with E-state index in [4.69, 9.17) is 9.47 Å². The lowest BCUT2D eigenvalue weighted by molar-refractivity contribution is -0.148. The van der Waals surface area contributed by atoms with Gasteiger partial charge < -0.3 is 24.8 Å². The maximum absolute atomic E-state index is 13.3. The second-order valence-corrected chi connectivity index (χ2v) is 11.2. The number of halogens is 2. The van der Waals surface area contributed by atoms with Gasteiger partial charge in [0.15, 0.2) is 11.6 Å². The summed E-state index contributed by atoms with van der Waals surface area (Å²) in [5, 5.41) is 5.31. The van der Waals surface area contributed by atoms with Crippen LogP contribution < -0.4 is 10.6 Å². The van der Waals surface area contributed by atoms with Gasteiger partial charge in [-0.3, -0.25) is 24.1 Å². The maximum atomic E-state index is 13.3. The first-order valence-electron chi connectivity index (χ1n) is 13.3. The summed E-state index contributed by atoms with van der Waals surface area (Å²) in [5.41, 5.74) is -0.918. The number of nitrogens with one attached hydrogen (secondary N) is 2. The number of carbonyl (C=O) groups excluding carboxylic acids is 4. The van der Waals surface area contributed by atoms with Crippen molar-refractivity contribution in [2.24, 2.45) is 17.8 Å². The smallest absolute Gasteiger partial charge is 0.345 e. The number of hydrogen-bond donors (Lipinski definition) is 2. The van der Waals surface area contributed by atoms with Crippen molar-refractivity contribution in [1.29, 1.82) is 0 Å². The van der Waals surface area contributed by atoms with E-state index >= 15 is 0 Å². The minimum Gasteiger partial charge on any atom is -0.379 e. The quantitative estimate of drug-likeness (QED) is 0.263. The fourth-order valence-corrected chi connectivity index (χ4v) is 4.44. The summed E-state index contributed by atoms with van der Waals surface area (Å²) in [6.45, 7) is 7.79. The van der Waals surface area contributed by atoms with Gasteiger partial charge in [0.05, 0.1) is 39.0 Å². The van der Waals surface area contributed by atoms with E-state index in [0.29, 0.717) is 45.8 Å². The zero-order valence-electron chi connectivity index (χ0n) is 23.1. The third kappa shape index (κ3) is 11.0. The van der Waals surface area contributed by atoms with Crippen LogP contribution in [-0.2, 0) is 33.4 Å². The number of Topliss-reactive ketones (excluding diaryl/α,β-unsaturated/α-hetero) is 2. The summed E-state index contributed by atoms with van der Waals surface area (Å²) in [5.74, 6) is -2.44. The van der Waals surface area contributed by atoms with E-state index in [1.54, 1.807) is 6.92 Å². The minimum atomic E-state index is -3.12. The molecular formula is C26H43F2N3O7. The fraction of sp³-hybridized carbons (Fsp3) is 0.846. The van der Waals surface area contributed by atoms with Crippen LogP contribution in [-0.4, -0.2) is 98.6 Å². The fourth-order valence-electron chi connectivity index (χ4n) is 4.44. The molecule has 12 heteroatoms. The molecule has 0 aromatic rings. The van der Waals surface area contributed by atoms with E-state index in [-0.39, 0.29) is 30.6 Å². The number of hydrogen-bond acceptors (Lipinski definition) is 8. The van der Waals surface area contributed by atoms with E-state index in [2.05, 4.69) is 15.4 Å². The number of carbonyl (C=O) groups is 4. The molecule has 0 radical (unpaired) electrons. The summed E-state index contributed by atoms with van der Waals surface area (Å²) in [4.78, 5) is 53.9. The number of nitrogens with zero attached hydrogens (tertiary/aromatic N) is 1. The molecule has 0 bridgehead atoms. The molecule has 2 saturated heterocycles. The molecule has 2 fully saturated rings. The zero-order chi connectivity index (χ0) is 28.5. The number of amides is 2. The highest BCUT2D eigenvalue weighted by atomic mass is 19.3. The van der Waals surface area contributed by atoms with Crippen LogP contribution in [0.1, 0.15) is 53.9 Å². The zero-order valence-corrected chi connectivity index (χ0v) is 23.1. The molecule has 2 amide bonds. The van der Waals surface area contributed by atoms with Gasteiger partial charge >= 0.3 is 6.61 Å². The third-order valence-corrected chi connectivity index (χ3v) is 6.60. The Morgan fingerprint density at radius 2 is 1.58 bits per heavy atom. The highest BCUT2D eigenvalue weighted by Crippen LogP contribution is 2.30. The second kappa shape index (κ2) is 14.9. The Bertz CT molecular complexity index is 815. The minimum absolute atomic E-state index is 0.0163. The molecule has 10 nitrogen and oxygen atoms in total. The standard InChI is InChI=1S/C26H43F2N3O7/c1-16(2)10-18(24(35)30-19(11-17(3)4)23(34)26(5)15-38-26)12-21(32)20(14-37-25(27)28)29-22(33)13-31-6-8-36-9-7-31/h16-20,25H,6-15H2,1-5H3,(H,29,33)(H,30,35)/t18-,19+,20+,26-/m1/s1. The van der Waals surface area contributed by atoms with E-state index in [1.807, 2.05) is 32.6 Å². The molecule has 0 aliphatic carbocycles. The lowest BCUT2D eigenvalue weighted by atomic mass is 9.88. The summed E-state index contributed by atoms with van der Waals surface area (Å²) >= 11 is 0. The van der Waals surface area contributed by atoms with Crippen molar-refractivity contribution in [3.63, 3.8) is 0 Å². The van der Waals surface area contributed by atoms with Gasteiger partial charge in [0, 0.05) is 25.4 Å². The van der Waals surface area contributed by atoms with Crippen LogP contribution >= 0.6 is 0 Å². The summed E-state index contributed by atoms with van der Waals surface area (Å²) < 4.78 is 40.5. The summed E-state index contributed by atoms with van der Waals surface area (Å²) in [6, 6.07) is -2.11. The van der Waals surface area contributed by atoms with Crippen molar-refractivity contribution in [3.05, 3.63) is 0 Å². The number of morpholine rings is 1. The van der Waals surface area contributed by atoms with Crippen LogP contribution in [0.2, 0.25) is 0 Å². The lowest BCUT2D eigenvalue weighted by Crippen LogP contribution is -2.51. The van der Waals surface area contributed by atoms with Crippen LogP contribution in [0.4, 0.5) is 8.78 Å². The Hall–Kier alpha value is -2.02. The Morgan fingerprint density at radius 3 is 2.11 bits per heavy atom. The molecule has 2 heterocycles. The number of alkyl halides is 2. The van der Waals surface area contributed by atoms with Crippen molar-refractivity contribution in [1.82, 2.24) is 15.5 Å². The van der Waals surface area contributed by atoms with Crippen molar-refractivity contribution in [3.8, 4) is 0 Å². The van der Waals surface area contributed by atoms with Gasteiger partial charge in [-0.1, -0.05) is 27.7 Å². The predicted molar refractivity (Wildman–Crippen MR) is 134 cm³/mol. The second-order valence-electron chi connectivity index (χ2n) is 11.2. The van der Waals surface area contributed by atoms with Gasteiger partial charge in [0.25, 0.3) is 0 Å². The van der Waals surface area contributed by atoms with Crippen LogP contribution in [0.5, 0.6) is 0 Å². The van der Waals surface area contributed by atoms with Crippen LogP contribution in [0, 0.1) is 17.8 Å². The lowest BCUT2D eigenvalue weighted by Gasteiger charge is -2.28. The topological polar surface area (TPSA) is 127 Å². The van der Waals surface area contributed by atoms with E-state index in [0.717, 1.165) is 0 Å². The van der Waals surface area contributed by atoms with E-state index in [1.165, 1.54) is 0 Å². The van der Waals surface area contributed by atoms with E-state index < -0.39 is 54.4 Å². The highest BCUT2D eigenvalue weighted by molar-refractivity contribution is 5.98. The Labute approximate surface area is 223 Å². The van der Waals surface area contributed by atoms with Crippen LogP contribution in [0.15, 0.2) is 0 Å². The van der Waals surface area contributed by atoms with Gasteiger partial charge in [0.1, 0.15) is 11.6 Å². The van der Waals surface area contributed by atoms with Gasteiger partial charge in [-0.05, 0) is 31.6 Å². The molecule has 218 valence electrons. The van der Waals surface area contributed by atoms with Crippen LogP contribution in [0.25, 0.3) is 0 Å². The molecule has 0 unspecified atom stereocenters. The first kappa shape index (κ1) is 32.2. The molecule has 2 N–H and O–H groups in total. The Morgan fingerprint density at radius 1 is 0.974 bits per heavy atom. The first-order chi connectivity index (χ1) is 17.8. The molecule has 4 atom stereocenters. The van der Waals surface area contributed by atoms with Crippen LogP contribution in [0.3, 0.4) is 0 Å². The summed E-state index contributed by atoms with van der Waals surface area (Å²) in [6.07, 6.45) is 0.446. The molecule has 0 aromatic heterocycles. The highest BCUT2D eigenvalue weighted by Gasteiger charge is 2.50. The third-order valence-electron chi connectivity index (χ3n) is 6.60. The Kier molecular flexibility index (Phi) is 12.7. The molecule has 2 rings (SSSR count). The Balaban J connectivity index is 2.10. The number of ketones is 2. The van der Waals surface area contributed by atoms with E-state index in [9.17, 15) is 28.0 Å². The molecule has 0 spiro atoms. The molecule has 0 aromatic carbocycles. The van der Waals surface area contributed by atoms with Gasteiger partial charge in [-0.15, -0.1) is 0 Å². The van der Waals surface area contributed by atoms with Gasteiger partial charge in [-0.25, -0.2) is 0 Å². The maximum Gasteiger partial charge on any atom is 0.345 e. The molecule has 0 saturated carbocycles. The molecule has 38 heavy (non-hydrogen) atoms. The summed E-state index contributed by atoms with van der Waals surface area (Å²) in [7, 11) is 0. The van der Waals surface area contributed by atoms with Crippen molar-refractivity contribution < 1.29 is 42.2 Å². The largest absolute Gasteiger partial charge is 0.379 e. The first-order valence-corrected chi connectivity index (χ1v) is 13.3. The number of ether oxygens (including phenoxy) is 3. The van der Waals surface area contributed by atoms with Gasteiger partial charge in [0.2, 0.25) is 11.8 Å². The number of rotatable bonds is 17. The number of epoxide rings is 1. The molecule has 2 aliphatic heterocycles. The van der Waals surface area contributed by atoms with Gasteiger partial charge in [-0.2, -0.15) is 8.78 Å². The average molecular weight is 548 g/mol. The SMILES string of the molecule is CC(C)C[C@H](CC(=O)[C@H](COC(F)F)NC(=O)CN1CCOCC1)C(=O)N[C@@H](CC(C)C)C(=O)[C@@]1(C)CO1. The normalized spacial score (nSPS) is 22.3. The molecular weight excluding hydrogens is 504 g/mol. The van der Waals surface area contributed by atoms with Crippen molar-refractivity contribution in [2.45, 2.75) is 78.2 Å². The van der Waals surface area contributed by atoms with Crippen molar-refractivity contribution in [2.75, 3.05) is 46.1 Å². The predicted octanol–water partition coefficient (Wildman–Crippen LogP) is 1.55. The average Bonchev–Trinajstić information content (AvgIpc) is 3.58. The molecule has 2 aliphatic rings.